The summed E-state index contributed by atoms with van der Waals surface area (Å²) < 4.78 is 3.09. The number of nitrogens with two attached hydrogens (primary N) is 1. The molecule has 2 aromatic heterocycles. The van der Waals surface area contributed by atoms with Crippen LogP contribution < -0.4 is 11.4 Å². The maximum absolute atomic E-state index is 12.8. The summed E-state index contributed by atoms with van der Waals surface area (Å²) in [5, 5.41) is 0.692. The van der Waals surface area contributed by atoms with Crippen LogP contribution in [0.5, 0.6) is 0 Å². The van der Waals surface area contributed by atoms with Crippen molar-refractivity contribution in [3.8, 4) is 0 Å². The fourth-order valence-electron chi connectivity index (χ4n) is 4.14. The van der Waals surface area contributed by atoms with Crippen LogP contribution in [0, 0.1) is 0 Å². The molecular formula is C19H22ClN5O. The molecule has 0 spiro atoms. The molecule has 1 fully saturated rings. The SMILES string of the molecule is CCn1cnc2c(=O)n(N)c(C3(c4ccc(Cl)cc4)CCCCC3)nc21. The number of imidazole rings is 1. The number of nitrogens with zero attached hydrogens (tertiary/aromatic N) is 4. The second-order valence-corrected chi connectivity index (χ2v) is 7.40. The van der Waals surface area contributed by atoms with Crippen LogP contribution in [0.1, 0.15) is 50.4 Å². The number of benzene rings is 1. The zero-order valence-electron chi connectivity index (χ0n) is 14.8. The zero-order valence-corrected chi connectivity index (χ0v) is 15.5. The van der Waals surface area contributed by atoms with Crippen LogP contribution in [-0.2, 0) is 12.0 Å². The van der Waals surface area contributed by atoms with Crippen LogP contribution >= 0.6 is 11.6 Å². The molecule has 6 nitrogen and oxygen atoms in total. The van der Waals surface area contributed by atoms with E-state index < -0.39 is 0 Å². The predicted octanol–water partition coefficient (Wildman–Crippen LogP) is 3.23. The molecule has 3 aromatic rings. The summed E-state index contributed by atoms with van der Waals surface area (Å²) in [6, 6.07) is 7.84. The van der Waals surface area contributed by atoms with Gasteiger partial charge >= 0.3 is 0 Å². The van der Waals surface area contributed by atoms with E-state index in [0.717, 1.165) is 31.2 Å². The van der Waals surface area contributed by atoms with Crippen molar-refractivity contribution in [1.29, 1.82) is 0 Å². The van der Waals surface area contributed by atoms with E-state index in [-0.39, 0.29) is 11.0 Å². The molecule has 4 rings (SSSR count). The van der Waals surface area contributed by atoms with Crippen molar-refractivity contribution in [3.05, 3.63) is 57.4 Å². The smallest absolute Gasteiger partial charge is 0.300 e. The minimum atomic E-state index is -0.381. The number of aromatic nitrogens is 4. The summed E-state index contributed by atoms with van der Waals surface area (Å²) in [5.74, 6) is 6.87. The normalized spacial score (nSPS) is 16.8. The second-order valence-electron chi connectivity index (χ2n) is 6.96. The fraction of sp³-hybridized carbons (Fsp3) is 0.421. The van der Waals surface area contributed by atoms with Crippen LogP contribution in [-0.4, -0.2) is 19.2 Å². The lowest BCUT2D eigenvalue weighted by Crippen LogP contribution is -2.42. The third-order valence-electron chi connectivity index (χ3n) is 5.54. The third-order valence-corrected chi connectivity index (χ3v) is 5.80. The maximum Gasteiger partial charge on any atom is 0.300 e. The molecule has 0 atom stereocenters. The molecule has 1 aliphatic carbocycles. The number of hydrogen-bond donors (Lipinski definition) is 1. The largest absolute Gasteiger partial charge is 0.335 e. The Hall–Kier alpha value is -2.34. The fourth-order valence-corrected chi connectivity index (χ4v) is 4.27. The predicted molar refractivity (Wildman–Crippen MR) is 103 cm³/mol. The molecule has 0 bridgehead atoms. The highest BCUT2D eigenvalue weighted by molar-refractivity contribution is 6.30. The minimum absolute atomic E-state index is 0.295. The van der Waals surface area contributed by atoms with Crippen molar-refractivity contribution in [2.75, 3.05) is 5.84 Å². The number of fused-ring (bicyclic) bond motifs is 1. The molecule has 2 N–H and O–H groups in total. The van der Waals surface area contributed by atoms with Crippen molar-refractivity contribution >= 4 is 22.8 Å². The molecule has 1 aromatic carbocycles. The summed E-state index contributed by atoms with van der Waals surface area (Å²) in [4.78, 5) is 21.9. The Morgan fingerprint density at radius 1 is 1.19 bits per heavy atom. The van der Waals surface area contributed by atoms with E-state index in [4.69, 9.17) is 22.4 Å². The van der Waals surface area contributed by atoms with Crippen LogP contribution in [0.25, 0.3) is 11.2 Å². The molecule has 0 radical (unpaired) electrons. The number of hydrogen-bond acceptors (Lipinski definition) is 4. The van der Waals surface area contributed by atoms with E-state index in [0.29, 0.717) is 28.6 Å². The maximum atomic E-state index is 12.8. The van der Waals surface area contributed by atoms with Gasteiger partial charge in [-0.05, 0) is 37.5 Å². The first-order valence-corrected chi connectivity index (χ1v) is 9.44. The summed E-state index contributed by atoms with van der Waals surface area (Å²) in [5.41, 5.74) is 1.35. The van der Waals surface area contributed by atoms with Gasteiger partial charge < -0.3 is 10.4 Å². The quantitative estimate of drug-likeness (QED) is 0.717. The van der Waals surface area contributed by atoms with E-state index in [1.807, 2.05) is 35.8 Å². The average Bonchev–Trinajstić information content (AvgIpc) is 3.09. The highest BCUT2D eigenvalue weighted by atomic mass is 35.5. The standard InChI is InChI=1S/C19H22ClN5O/c1-2-24-12-22-15-16(24)23-18(25(21)17(15)26)19(10-4-3-5-11-19)13-6-8-14(20)9-7-13/h6-9,12H,2-5,10-11,21H2,1H3. The lowest BCUT2D eigenvalue weighted by Gasteiger charge is -2.37. The minimum Gasteiger partial charge on any atom is -0.335 e. The monoisotopic (exact) mass is 371 g/mol. The summed E-state index contributed by atoms with van der Waals surface area (Å²) in [7, 11) is 0. The molecular weight excluding hydrogens is 350 g/mol. The van der Waals surface area contributed by atoms with Crippen LogP contribution in [0.2, 0.25) is 5.02 Å². The van der Waals surface area contributed by atoms with Gasteiger partial charge in [-0.3, -0.25) is 4.79 Å². The first kappa shape index (κ1) is 17.1. The zero-order chi connectivity index (χ0) is 18.3. The van der Waals surface area contributed by atoms with Gasteiger partial charge in [-0.15, -0.1) is 0 Å². The van der Waals surface area contributed by atoms with E-state index in [9.17, 15) is 4.79 Å². The highest BCUT2D eigenvalue weighted by Gasteiger charge is 2.40. The molecule has 136 valence electrons. The first-order valence-electron chi connectivity index (χ1n) is 9.06. The van der Waals surface area contributed by atoms with Gasteiger partial charge in [-0.25, -0.2) is 14.6 Å². The van der Waals surface area contributed by atoms with E-state index in [1.54, 1.807) is 6.33 Å². The molecule has 2 heterocycles. The Kier molecular flexibility index (Phi) is 4.23. The van der Waals surface area contributed by atoms with Crippen molar-refractivity contribution in [1.82, 2.24) is 19.2 Å². The number of rotatable bonds is 3. The topological polar surface area (TPSA) is 78.7 Å². The molecule has 0 saturated heterocycles. The molecule has 0 unspecified atom stereocenters. The molecule has 7 heteroatoms. The van der Waals surface area contributed by atoms with E-state index >= 15 is 0 Å². The number of halogens is 1. The molecule has 26 heavy (non-hydrogen) atoms. The average molecular weight is 372 g/mol. The number of aryl methyl sites for hydroxylation is 1. The van der Waals surface area contributed by atoms with Crippen molar-refractivity contribution in [2.24, 2.45) is 0 Å². The Balaban J connectivity index is 2.01. The molecule has 1 saturated carbocycles. The van der Waals surface area contributed by atoms with Crippen LogP contribution in [0.4, 0.5) is 0 Å². The Morgan fingerprint density at radius 3 is 2.54 bits per heavy atom. The summed E-state index contributed by atoms with van der Waals surface area (Å²) in [6.07, 6.45) is 6.79. The lowest BCUT2D eigenvalue weighted by atomic mass is 9.68. The Labute approximate surface area is 156 Å². The third kappa shape index (κ3) is 2.51. The van der Waals surface area contributed by atoms with Crippen molar-refractivity contribution < 1.29 is 0 Å². The highest BCUT2D eigenvalue weighted by Crippen LogP contribution is 2.44. The van der Waals surface area contributed by atoms with Gasteiger partial charge in [-0.2, -0.15) is 0 Å². The van der Waals surface area contributed by atoms with Gasteiger partial charge in [0, 0.05) is 11.6 Å². The van der Waals surface area contributed by atoms with Gasteiger partial charge in [0.05, 0.1) is 11.7 Å². The van der Waals surface area contributed by atoms with Crippen LogP contribution in [0.15, 0.2) is 35.4 Å². The van der Waals surface area contributed by atoms with E-state index in [1.165, 1.54) is 11.1 Å². The summed E-state index contributed by atoms with van der Waals surface area (Å²) >= 11 is 6.09. The van der Waals surface area contributed by atoms with Gasteiger partial charge in [0.2, 0.25) is 0 Å². The van der Waals surface area contributed by atoms with Gasteiger partial charge in [0.15, 0.2) is 11.2 Å². The second kappa shape index (κ2) is 6.43. The lowest BCUT2D eigenvalue weighted by molar-refractivity contribution is 0.322. The first-order chi connectivity index (χ1) is 12.6. The Bertz CT molecular complexity index is 999. The Morgan fingerprint density at radius 2 is 1.88 bits per heavy atom. The van der Waals surface area contributed by atoms with Crippen molar-refractivity contribution in [3.63, 3.8) is 0 Å². The van der Waals surface area contributed by atoms with Gasteiger partial charge in [-0.1, -0.05) is 43.0 Å². The van der Waals surface area contributed by atoms with Crippen LogP contribution in [0.3, 0.4) is 0 Å². The molecule has 0 aliphatic heterocycles. The molecule has 1 aliphatic rings. The van der Waals surface area contributed by atoms with Gasteiger partial charge in [0.1, 0.15) is 5.82 Å². The van der Waals surface area contributed by atoms with Crippen molar-refractivity contribution in [2.45, 2.75) is 51.0 Å². The van der Waals surface area contributed by atoms with E-state index in [2.05, 4.69) is 4.98 Å². The molecule has 0 amide bonds. The number of nitrogen functional groups attached to an aromatic ring is 1. The summed E-state index contributed by atoms with van der Waals surface area (Å²) in [6.45, 7) is 2.71. The van der Waals surface area contributed by atoms with Gasteiger partial charge in [0.25, 0.3) is 5.56 Å².